The number of benzene rings is 1. The fraction of sp³-hybridized carbons (Fsp3) is 0.556. The minimum atomic E-state index is 0.0464. The van der Waals surface area contributed by atoms with Gasteiger partial charge >= 0.3 is 0 Å². The van der Waals surface area contributed by atoms with E-state index in [0.717, 1.165) is 44.8 Å². The van der Waals surface area contributed by atoms with E-state index >= 15 is 0 Å². The highest BCUT2D eigenvalue weighted by atomic mass is 16.2. The van der Waals surface area contributed by atoms with Gasteiger partial charge in [-0.2, -0.15) is 0 Å². The molecule has 1 aromatic rings. The third-order valence-corrected chi connectivity index (χ3v) is 4.25. The second kappa shape index (κ2) is 9.39. The van der Waals surface area contributed by atoms with Crippen LogP contribution in [-0.4, -0.2) is 79.9 Å². The van der Waals surface area contributed by atoms with Crippen LogP contribution in [0.15, 0.2) is 30.3 Å². The average Bonchev–Trinajstić information content (AvgIpc) is 2.79. The summed E-state index contributed by atoms with van der Waals surface area (Å²) in [6, 6.07) is 9.54. The van der Waals surface area contributed by atoms with Gasteiger partial charge in [0.15, 0.2) is 0 Å². The number of carbonyl (C=O) groups excluding carboxylic acids is 2. The van der Waals surface area contributed by atoms with Gasteiger partial charge < -0.3 is 15.1 Å². The normalized spacial score (nSPS) is 16.4. The molecule has 0 unspecified atom stereocenters. The predicted octanol–water partition coefficient (Wildman–Crippen LogP) is 1.11. The van der Waals surface area contributed by atoms with Gasteiger partial charge in [0, 0.05) is 45.8 Å². The van der Waals surface area contributed by atoms with Crippen molar-refractivity contribution in [1.29, 1.82) is 0 Å². The van der Waals surface area contributed by atoms with E-state index in [2.05, 4.69) is 15.1 Å². The number of para-hydroxylation sites is 1. The number of nitrogens with one attached hydrogen (secondary N) is 1. The maximum absolute atomic E-state index is 12.0. The summed E-state index contributed by atoms with van der Waals surface area (Å²) in [5.74, 6) is 0.191. The predicted molar refractivity (Wildman–Crippen MR) is 95.9 cm³/mol. The zero-order chi connectivity index (χ0) is 17.4. The minimum absolute atomic E-state index is 0.0464. The van der Waals surface area contributed by atoms with Crippen molar-refractivity contribution in [3.8, 4) is 0 Å². The lowest BCUT2D eigenvalue weighted by Gasteiger charge is -2.22. The molecule has 1 N–H and O–H groups in total. The molecule has 0 saturated carbocycles. The molecule has 0 bridgehead atoms. The maximum atomic E-state index is 12.0. The second-order valence-corrected chi connectivity index (χ2v) is 6.42. The summed E-state index contributed by atoms with van der Waals surface area (Å²) in [5, 5.41) is 2.92. The topological polar surface area (TPSA) is 55.9 Å². The van der Waals surface area contributed by atoms with E-state index in [1.54, 1.807) is 19.0 Å². The Labute approximate surface area is 144 Å². The maximum Gasteiger partial charge on any atom is 0.236 e. The Balaban J connectivity index is 1.70. The summed E-state index contributed by atoms with van der Waals surface area (Å²) in [6.45, 7) is 4.93. The first-order chi connectivity index (χ1) is 11.5. The van der Waals surface area contributed by atoms with Crippen molar-refractivity contribution >= 4 is 17.5 Å². The lowest BCUT2D eigenvalue weighted by atomic mass is 10.3. The van der Waals surface area contributed by atoms with Gasteiger partial charge in [-0.05, 0) is 31.6 Å². The van der Waals surface area contributed by atoms with Gasteiger partial charge in [-0.15, -0.1) is 0 Å². The molecule has 1 saturated heterocycles. The van der Waals surface area contributed by atoms with Gasteiger partial charge in [0.05, 0.1) is 6.54 Å². The Hall–Kier alpha value is -1.92. The molecule has 0 radical (unpaired) electrons. The number of anilines is 1. The molecule has 6 heteroatoms. The van der Waals surface area contributed by atoms with E-state index in [9.17, 15) is 9.59 Å². The van der Waals surface area contributed by atoms with E-state index in [4.69, 9.17) is 0 Å². The number of carbonyl (C=O) groups is 2. The molecular weight excluding hydrogens is 304 g/mol. The largest absolute Gasteiger partial charge is 0.348 e. The van der Waals surface area contributed by atoms with Crippen molar-refractivity contribution in [2.45, 2.75) is 12.8 Å². The van der Waals surface area contributed by atoms with Crippen LogP contribution in [0.4, 0.5) is 5.69 Å². The molecule has 0 aliphatic carbocycles. The first-order valence-electron chi connectivity index (χ1n) is 8.54. The van der Waals surface area contributed by atoms with Gasteiger partial charge in [0.25, 0.3) is 0 Å². The van der Waals surface area contributed by atoms with Crippen LogP contribution in [0.3, 0.4) is 0 Å². The van der Waals surface area contributed by atoms with Gasteiger partial charge in [0.1, 0.15) is 0 Å². The van der Waals surface area contributed by atoms with Crippen LogP contribution in [0.1, 0.15) is 12.8 Å². The minimum Gasteiger partial charge on any atom is -0.348 e. The Kier molecular flexibility index (Phi) is 7.21. The first-order valence-corrected chi connectivity index (χ1v) is 8.54. The zero-order valence-electron chi connectivity index (χ0n) is 14.7. The lowest BCUT2D eigenvalue weighted by molar-refractivity contribution is -0.129. The smallest absolute Gasteiger partial charge is 0.236 e. The number of amides is 2. The van der Waals surface area contributed by atoms with Gasteiger partial charge in [-0.25, -0.2) is 0 Å². The summed E-state index contributed by atoms with van der Waals surface area (Å²) in [6.07, 6.45) is 1.52. The molecule has 0 atom stereocenters. The molecule has 132 valence electrons. The summed E-state index contributed by atoms with van der Waals surface area (Å²) in [5.41, 5.74) is 0.840. The molecule has 1 aromatic carbocycles. The summed E-state index contributed by atoms with van der Waals surface area (Å²) >= 11 is 0. The number of nitrogens with zero attached hydrogens (tertiary/aromatic N) is 3. The molecule has 6 nitrogen and oxygen atoms in total. The third-order valence-electron chi connectivity index (χ3n) is 4.25. The van der Waals surface area contributed by atoms with Crippen LogP contribution in [-0.2, 0) is 9.59 Å². The van der Waals surface area contributed by atoms with Gasteiger partial charge in [0.2, 0.25) is 11.8 Å². The second-order valence-electron chi connectivity index (χ2n) is 6.42. The van der Waals surface area contributed by atoms with Crippen LogP contribution < -0.4 is 5.32 Å². The fourth-order valence-corrected chi connectivity index (χ4v) is 2.74. The van der Waals surface area contributed by atoms with Gasteiger partial charge in [-0.1, -0.05) is 18.2 Å². The van der Waals surface area contributed by atoms with Crippen LogP contribution >= 0.6 is 0 Å². The SMILES string of the molecule is CN(C)C(=O)CN1CCCN(CCC(=O)Nc2ccccc2)CC1. The molecule has 1 fully saturated rings. The van der Waals surface area contributed by atoms with Crippen molar-refractivity contribution < 1.29 is 9.59 Å². The first kappa shape index (κ1) is 18.4. The summed E-state index contributed by atoms with van der Waals surface area (Å²) < 4.78 is 0. The highest BCUT2D eigenvalue weighted by Gasteiger charge is 2.18. The Morgan fingerprint density at radius 1 is 1.04 bits per heavy atom. The van der Waals surface area contributed by atoms with Crippen molar-refractivity contribution in [3.63, 3.8) is 0 Å². The molecule has 2 amide bonds. The number of rotatable bonds is 6. The highest BCUT2D eigenvalue weighted by molar-refractivity contribution is 5.90. The Bertz CT molecular complexity index is 533. The quantitative estimate of drug-likeness (QED) is 0.848. The highest BCUT2D eigenvalue weighted by Crippen LogP contribution is 2.07. The molecule has 2 rings (SSSR count). The molecule has 1 heterocycles. The van der Waals surface area contributed by atoms with E-state index < -0.39 is 0 Å². The summed E-state index contributed by atoms with van der Waals surface area (Å²) in [7, 11) is 3.58. The van der Waals surface area contributed by atoms with Crippen LogP contribution in [0.25, 0.3) is 0 Å². The average molecular weight is 332 g/mol. The molecule has 1 aliphatic heterocycles. The fourth-order valence-electron chi connectivity index (χ4n) is 2.74. The molecular formula is C18H28N4O2. The van der Waals surface area contributed by atoms with Crippen molar-refractivity contribution in [3.05, 3.63) is 30.3 Å². The standard InChI is InChI=1S/C18H28N4O2/c1-20(2)18(24)15-22-11-6-10-21(13-14-22)12-9-17(23)19-16-7-4-3-5-8-16/h3-5,7-8H,6,9-15H2,1-2H3,(H,19,23). The summed E-state index contributed by atoms with van der Waals surface area (Å²) in [4.78, 5) is 30.0. The zero-order valence-corrected chi connectivity index (χ0v) is 14.7. The number of hydrogen-bond acceptors (Lipinski definition) is 4. The lowest BCUT2D eigenvalue weighted by Crippen LogP contribution is -2.39. The van der Waals surface area contributed by atoms with E-state index in [-0.39, 0.29) is 11.8 Å². The van der Waals surface area contributed by atoms with Gasteiger partial charge in [-0.3, -0.25) is 14.5 Å². The van der Waals surface area contributed by atoms with Crippen LogP contribution in [0.2, 0.25) is 0 Å². The van der Waals surface area contributed by atoms with Crippen LogP contribution in [0, 0.1) is 0 Å². The van der Waals surface area contributed by atoms with Crippen molar-refractivity contribution in [2.24, 2.45) is 0 Å². The van der Waals surface area contributed by atoms with Crippen molar-refractivity contribution in [2.75, 3.05) is 58.7 Å². The Morgan fingerprint density at radius 2 is 1.71 bits per heavy atom. The molecule has 1 aliphatic rings. The number of hydrogen-bond donors (Lipinski definition) is 1. The van der Waals surface area contributed by atoms with E-state index in [1.165, 1.54) is 0 Å². The monoisotopic (exact) mass is 332 g/mol. The molecule has 0 aromatic heterocycles. The van der Waals surface area contributed by atoms with Crippen LogP contribution in [0.5, 0.6) is 0 Å². The molecule has 0 spiro atoms. The molecule has 24 heavy (non-hydrogen) atoms. The third kappa shape index (κ3) is 6.29. The Morgan fingerprint density at radius 3 is 2.42 bits per heavy atom. The van der Waals surface area contributed by atoms with Crippen molar-refractivity contribution in [1.82, 2.24) is 14.7 Å². The number of likely N-dealkylation sites (N-methyl/N-ethyl adjacent to an activating group) is 1. The van der Waals surface area contributed by atoms with E-state index in [1.807, 2.05) is 30.3 Å². The van der Waals surface area contributed by atoms with E-state index in [0.29, 0.717) is 13.0 Å².